The summed E-state index contributed by atoms with van der Waals surface area (Å²) in [7, 11) is -4.27. The van der Waals surface area contributed by atoms with Gasteiger partial charge in [0.1, 0.15) is 10.1 Å². The number of pyridine rings is 1. The zero-order valence-electron chi connectivity index (χ0n) is 14.1. The van der Waals surface area contributed by atoms with Crippen LogP contribution in [0.25, 0.3) is 10.9 Å². The lowest BCUT2D eigenvalue weighted by Crippen LogP contribution is -2.48. The molecular weight excluding hydrogens is 383 g/mol. The van der Waals surface area contributed by atoms with Gasteiger partial charge in [0, 0.05) is 11.5 Å². The van der Waals surface area contributed by atoms with Crippen molar-refractivity contribution in [3.05, 3.63) is 65.7 Å². The Labute approximate surface area is 153 Å². The van der Waals surface area contributed by atoms with E-state index in [1.807, 2.05) is 6.92 Å². The van der Waals surface area contributed by atoms with E-state index in [1.165, 1.54) is 30.3 Å². The molecule has 0 saturated carbocycles. The normalized spacial score (nSPS) is 11.7. The summed E-state index contributed by atoms with van der Waals surface area (Å²) < 4.78 is 70.4. The fourth-order valence-electron chi connectivity index (χ4n) is 2.29. The van der Waals surface area contributed by atoms with E-state index in [1.54, 1.807) is 18.2 Å². The van der Waals surface area contributed by atoms with Gasteiger partial charge in [0.05, 0.1) is 10.5 Å². The van der Waals surface area contributed by atoms with Gasteiger partial charge in [0.15, 0.2) is 5.52 Å². The zero-order valence-corrected chi connectivity index (χ0v) is 14.9. The number of hydrogen-bond donors (Lipinski definition) is 2. The molecule has 0 aliphatic rings. The number of rotatable bonds is 1. The van der Waals surface area contributed by atoms with Crippen LogP contribution in [0, 0.1) is 6.92 Å². The largest absolute Gasteiger partial charge is 0.744 e. The molecule has 0 unspecified atom stereocenters. The Morgan fingerprint density at radius 2 is 1.59 bits per heavy atom. The van der Waals surface area contributed by atoms with E-state index in [9.17, 15) is 26.1 Å². The van der Waals surface area contributed by atoms with Gasteiger partial charge in [-0.3, -0.25) is 11.6 Å². The Morgan fingerprint density at radius 3 is 2.11 bits per heavy atom. The van der Waals surface area contributed by atoms with Crippen LogP contribution in [0.5, 0.6) is 0 Å². The molecule has 10 heteroatoms. The van der Waals surface area contributed by atoms with Crippen LogP contribution in [-0.2, 0) is 16.3 Å². The third-order valence-electron chi connectivity index (χ3n) is 3.64. The van der Waals surface area contributed by atoms with E-state index in [4.69, 9.17) is 11.6 Å². The SMILES string of the molecule is Cc1ccc(S(=O)(=O)[O-])cc1.Nc1cc(C(F)(F)F)c2ccccc2[n+]1N. The first-order chi connectivity index (χ1) is 12.4. The third kappa shape index (κ3) is 4.86. The Hall–Kier alpha value is -2.85. The Kier molecular flexibility index (Phi) is 5.62. The van der Waals surface area contributed by atoms with Crippen LogP contribution in [0.4, 0.5) is 19.0 Å². The van der Waals surface area contributed by atoms with Crippen LogP contribution in [0.1, 0.15) is 11.1 Å². The molecule has 0 bridgehead atoms. The van der Waals surface area contributed by atoms with Crippen LogP contribution in [0.15, 0.2) is 59.5 Å². The van der Waals surface area contributed by atoms with Crippen LogP contribution in [-0.4, -0.2) is 13.0 Å². The lowest BCUT2D eigenvalue weighted by atomic mass is 10.1. The maximum Gasteiger partial charge on any atom is 0.417 e. The van der Waals surface area contributed by atoms with Gasteiger partial charge in [-0.1, -0.05) is 35.9 Å². The van der Waals surface area contributed by atoms with Gasteiger partial charge >= 0.3 is 6.18 Å². The molecule has 0 fully saturated rings. The average Bonchev–Trinajstić information content (AvgIpc) is 2.57. The van der Waals surface area contributed by atoms with Gasteiger partial charge in [-0.05, 0) is 25.1 Å². The molecule has 3 aromatic rings. The molecule has 0 aliphatic carbocycles. The van der Waals surface area contributed by atoms with Crippen molar-refractivity contribution in [3.63, 3.8) is 0 Å². The van der Waals surface area contributed by atoms with Crippen molar-refractivity contribution in [2.75, 3.05) is 11.6 Å². The Balaban J connectivity index is 0.000000208. The number of aromatic nitrogens is 1. The van der Waals surface area contributed by atoms with Crippen molar-refractivity contribution < 1.29 is 30.8 Å². The first kappa shape index (κ1) is 20.5. The molecule has 0 spiro atoms. The fourth-order valence-corrected chi connectivity index (χ4v) is 2.75. The minimum Gasteiger partial charge on any atom is -0.744 e. The summed E-state index contributed by atoms with van der Waals surface area (Å²) in [4.78, 5) is -0.178. The van der Waals surface area contributed by atoms with Gasteiger partial charge < -0.3 is 4.55 Å². The van der Waals surface area contributed by atoms with Crippen molar-refractivity contribution in [1.29, 1.82) is 0 Å². The molecule has 4 N–H and O–H groups in total. The van der Waals surface area contributed by atoms with Crippen LogP contribution in [0.2, 0.25) is 0 Å². The van der Waals surface area contributed by atoms with Crippen molar-refractivity contribution in [3.8, 4) is 0 Å². The summed E-state index contributed by atoms with van der Waals surface area (Å²) in [6.07, 6.45) is -4.44. The smallest absolute Gasteiger partial charge is 0.417 e. The van der Waals surface area contributed by atoms with Crippen LogP contribution < -0.4 is 16.3 Å². The highest BCUT2D eigenvalue weighted by atomic mass is 32.2. The van der Waals surface area contributed by atoms with Crippen molar-refractivity contribution in [2.24, 2.45) is 0 Å². The predicted octanol–water partition coefficient (Wildman–Crippen LogP) is 2.34. The van der Waals surface area contributed by atoms with Crippen molar-refractivity contribution in [1.82, 2.24) is 0 Å². The van der Waals surface area contributed by atoms with Gasteiger partial charge in [0.2, 0.25) is 0 Å². The highest BCUT2D eigenvalue weighted by Crippen LogP contribution is 2.34. The van der Waals surface area contributed by atoms with E-state index in [2.05, 4.69) is 0 Å². The van der Waals surface area contributed by atoms with E-state index in [0.29, 0.717) is 0 Å². The average molecular weight is 399 g/mol. The minimum absolute atomic E-state index is 0.0340. The first-order valence-electron chi connectivity index (χ1n) is 7.49. The lowest BCUT2D eigenvalue weighted by Gasteiger charge is -2.10. The fraction of sp³-hybridized carbons (Fsp3) is 0.118. The van der Waals surface area contributed by atoms with Crippen molar-refractivity contribution >= 4 is 26.8 Å². The number of benzene rings is 2. The molecule has 0 saturated heterocycles. The minimum atomic E-state index is -4.44. The molecule has 27 heavy (non-hydrogen) atoms. The molecule has 0 aliphatic heterocycles. The second-order valence-electron chi connectivity index (χ2n) is 5.63. The number of halogens is 3. The maximum absolute atomic E-state index is 12.7. The Morgan fingerprint density at radius 1 is 1.04 bits per heavy atom. The second kappa shape index (κ2) is 7.41. The molecule has 0 amide bonds. The van der Waals surface area contributed by atoms with E-state index < -0.39 is 21.9 Å². The summed E-state index contributed by atoms with van der Waals surface area (Å²) in [5.41, 5.74) is 5.82. The van der Waals surface area contributed by atoms with E-state index in [0.717, 1.165) is 16.3 Å². The van der Waals surface area contributed by atoms with Gasteiger partial charge in [-0.2, -0.15) is 13.2 Å². The third-order valence-corrected chi connectivity index (χ3v) is 4.49. The topological polar surface area (TPSA) is 113 Å². The summed E-state index contributed by atoms with van der Waals surface area (Å²) in [6, 6.07) is 12.6. The van der Waals surface area contributed by atoms with Crippen molar-refractivity contribution in [2.45, 2.75) is 18.0 Å². The molecule has 144 valence electrons. The maximum atomic E-state index is 12.7. The standard InChI is InChI=1S/C10H8F3N3.C7H8O3S/c11-10(12,13)7-5-9(14)16(15)8-4-2-1-3-6(7)8;1-6-2-4-7(5-3-6)11(8,9)10/h1-5,14H,15H2;2-5H,1H3,(H,8,9,10). The predicted molar refractivity (Wildman–Crippen MR) is 92.9 cm³/mol. The number of aryl methyl sites for hydroxylation is 1. The van der Waals surface area contributed by atoms with Crippen LogP contribution in [0.3, 0.4) is 0 Å². The number of hydrogen-bond acceptors (Lipinski definition) is 5. The van der Waals surface area contributed by atoms with E-state index in [-0.39, 0.29) is 21.6 Å². The molecular formula is C17H16F3N3O3S. The molecule has 1 aromatic heterocycles. The zero-order chi connectivity index (χ0) is 20.4. The molecule has 0 atom stereocenters. The Bertz CT molecular complexity index is 1070. The number of nitrogen functional groups attached to an aromatic ring is 2. The van der Waals surface area contributed by atoms with Gasteiger partial charge in [-0.25, -0.2) is 8.42 Å². The highest BCUT2D eigenvalue weighted by Gasteiger charge is 2.35. The lowest BCUT2D eigenvalue weighted by molar-refractivity contribution is -0.596. The quantitative estimate of drug-likeness (QED) is 0.370. The number of fused-ring (bicyclic) bond motifs is 1. The number of anilines is 1. The first-order valence-corrected chi connectivity index (χ1v) is 8.90. The number of para-hydroxylation sites is 1. The monoisotopic (exact) mass is 399 g/mol. The number of alkyl halides is 3. The molecule has 3 rings (SSSR count). The molecule has 1 heterocycles. The summed E-state index contributed by atoms with van der Waals surface area (Å²) in [5.74, 6) is 5.42. The molecule has 0 radical (unpaired) electrons. The summed E-state index contributed by atoms with van der Waals surface area (Å²) in [5, 5.41) is 0.0340. The summed E-state index contributed by atoms with van der Waals surface area (Å²) in [6.45, 7) is 1.82. The van der Waals surface area contributed by atoms with Crippen LogP contribution >= 0.6 is 0 Å². The number of nitrogens with two attached hydrogens (primary N) is 2. The number of nitrogens with zero attached hydrogens (tertiary/aromatic N) is 1. The summed E-state index contributed by atoms with van der Waals surface area (Å²) >= 11 is 0. The molecule has 2 aromatic carbocycles. The second-order valence-corrected chi connectivity index (χ2v) is 7.01. The highest BCUT2D eigenvalue weighted by molar-refractivity contribution is 7.85. The van der Waals surface area contributed by atoms with Gasteiger partial charge in [0.25, 0.3) is 5.82 Å². The molecule has 6 nitrogen and oxygen atoms in total. The van der Waals surface area contributed by atoms with Gasteiger partial charge in [-0.15, -0.1) is 4.68 Å². The van der Waals surface area contributed by atoms with E-state index >= 15 is 0 Å².